The molecule has 0 amide bonds. The Balaban J connectivity index is 1.90. The Hall–Kier alpha value is -4.07. The standard InChI is InChI=1S/C20H14N6O2/c1-2-9-25-12-21-18-16(20(25)27)17-19(24-15-8-4-3-7-14(15)23-17)26(18)22-11-13-6-5-10-28-13/h2-8,10-12H,1,9H2/p+1/b22-11+. The summed E-state index contributed by atoms with van der Waals surface area (Å²) >= 11 is 0. The molecule has 5 rings (SSSR count). The number of benzene rings is 1. The molecule has 0 unspecified atom stereocenters. The molecule has 0 atom stereocenters. The van der Waals surface area contributed by atoms with Crippen LogP contribution in [-0.2, 0) is 6.54 Å². The Morgan fingerprint density at radius 2 is 2.00 bits per heavy atom. The summed E-state index contributed by atoms with van der Waals surface area (Å²) in [6.07, 6.45) is 6.40. The molecule has 0 spiro atoms. The van der Waals surface area contributed by atoms with E-state index in [9.17, 15) is 4.79 Å². The Morgan fingerprint density at radius 1 is 1.18 bits per heavy atom. The molecular formula is C20H15N6O2+. The summed E-state index contributed by atoms with van der Waals surface area (Å²) in [5, 5.41) is 4.91. The van der Waals surface area contributed by atoms with Gasteiger partial charge in [0.2, 0.25) is 5.65 Å². The first-order valence-electron chi connectivity index (χ1n) is 8.67. The van der Waals surface area contributed by atoms with E-state index in [0.717, 1.165) is 5.52 Å². The van der Waals surface area contributed by atoms with E-state index in [-0.39, 0.29) is 5.56 Å². The van der Waals surface area contributed by atoms with Gasteiger partial charge in [0.1, 0.15) is 17.5 Å². The Bertz CT molecular complexity index is 1430. The number of hydrogen-bond donors (Lipinski definition) is 0. The monoisotopic (exact) mass is 371 g/mol. The summed E-state index contributed by atoms with van der Waals surface area (Å²) < 4.78 is 8.42. The average Bonchev–Trinajstić information content (AvgIpc) is 3.33. The summed E-state index contributed by atoms with van der Waals surface area (Å²) in [6.45, 7) is 4.09. The van der Waals surface area contributed by atoms with E-state index in [1.807, 2.05) is 24.3 Å². The van der Waals surface area contributed by atoms with Gasteiger partial charge in [0.15, 0.2) is 11.7 Å². The minimum atomic E-state index is -0.185. The van der Waals surface area contributed by atoms with Crippen molar-refractivity contribution in [2.75, 3.05) is 0 Å². The van der Waals surface area contributed by atoms with Crippen LogP contribution in [0.2, 0.25) is 0 Å². The number of nitrogens with zero attached hydrogens (tertiary/aromatic N) is 5. The average molecular weight is 371 g/mol. The van der Waals surface area contributed by atoms with Gasteiger partial charge in [-0.05, 0) is 24.3 Å². The highest BCUT2D eigenvalue weighted by atomic mass is 16.3. The lowest BCUT2D eigenvalue weighted by Gasteiger charge is -1.96. The van der Waals surface area contributed by atoms with Crippen LogP contribution < -0.4 is 10.5 Å². The van der Waals surface area contributed by atoms with Gasteiger partial charge in [0.25, 0.3) is 5.65 Å². The molecule has 5 aromatic rings. The minimum absolute atomic E-state index is 0.185. The largest absolute Gasteiger partial charge is 0.463 e. The van der Waals surface area contributed by atoms with Gasteiger partial charge in [-0.25, -0.2) is 24.3 Å². The van der Waals surface area contributed by atoms with E-state index in [2.05, 4.69) is 16.7 Å². The first kappa shape index (κ1) is 16.1. The predicted octanol–water partition coefficient (Wildman–Crippen LogP) is 2.37. The van der Waals surface area contributed by atoms with E-state index in [1.165, 1.54) is 4.57 Å². The van der Waals surface area contributed by atoms with Crippen molar-refractivity contribution in [2.45, 2.75) is 6.54 Å². The van der Waals surface area contributed by atoms with Crippen molar-refractivity contribution < 1.29 is 9.40 Å². The second kappa shape index (κ2) is 6.27. The molecule has 136 valence electrons. The molecule has 0 aliphatic carbocycles. The summed E-state index contributed by atoms with van der Waals surface area (Å²) in [7, 11) is 0. The topological polar surface area (TPSA) is 92.3 Å². The minimum Gasteiger partial charge on any atom is -0.463 e. The Morgan fingerprint density at radius 3 is 2.75 bits per heavy atom. The van der Waals surface area contributed by atoms with Crippen LogP contribution in [-0.4, -0.2) is 25.4 Å². The van der Waals surface area contributed by atoms with Gasteiger partial charge in [-0.1, -0.05) is 24.8 Å². The highest BCUT2D eigenvalue weighted by Gasteiger charge is 2.24. The maximum Gasteiger partial charge on any atom is 0.323 e. The van der Waals surface area contributed by atoms with Gasteiger partial charge >= 0.3 is 5.56 Å². The summed E-state index contributed by atoms with van der Waals surface area (Å²) in [5.74, 6) is 0.587. The second-order valence-electron chi connectivity index (χ2n) is 6.20. The molecule has 0 aliphatic heterocycles. The molecule has 8 heteroatoms. The number of nitrogens with one attached hydrogen (secondary N) is 1. The quantitative estimate of drug-likeness (QED) is 0.358. The molecule has 0 aliphatic rings. The van der Waals surface area contributed by atoms with E-state index in [0.29, 0.717) is 40.0 Å². The zero-order valence-corrected chi connectivity index (χ0v) is 14.7. The normalized spacial score (nSPS) is 11.9. The number of aromatic nitrogens is 5. The number of rotatable bonds is 4. The third-order valence-corrected chi connectivity index (χ3v) is 4.44. The maximum absolute atomic E-state index is 13.1. The lowest BCUT2D eigenvalue weighted by molar-refractivity contribution is -0.357. The highest BCUT2D eigenvalue weighted by Crippen LogP contribution is 2.23. The van der Waals surface area contributed by atoms with Crippen molar-refractivity contribution in [1.82, 2.24) is 19.2 Å². The van der Waals surface area contributed by atoms with Crippen LogP contribution in [0.5, 0.6) is 0 Å². The zero-order valence-electron chi connectivity index (χ0n) is 14.7. The van der Waals surface area contributed by atoms with Crippen molar-refractivity contribution in [3.63, 3.8) is 0 Å². The second-order valence-corrected chi connectivity index (χ2v) is 6.20. The molecule has 4 aromatic heterocycles. The third-order valence-electron chi connectivity index (χ3n) is 4.44. The maximum atomic E-state index is 13.1. The van der Waals surface area contributed by atoms with Crippen LogP contribution in [0.3, 0.4) is 0 Å². The molecule has 8 nitrogen and oxygen atoms in total. The van der Waals surface area contributed by atoms with Crippen LogP contribution in [0.15, 0.2) is 76.0 Å². The van der Waals surface area contributed by atoms with Crippen molar-refractivity contribution in [2.24, 2.45) is 5.10 Å². The van der Waals surface area contributed by atoms with Gasteiger partial charge < -0.3 is 4.42 Å². The van der Waals surface area contributed by atoms with Gasteiger partial charge in [-0.2, -0.15) is 0 Å². The van der Waals surface area contributed by atoms with E-state index >= 15 is 0 Å². The fourth-order valence-corrected chi connectivity index (χ4v) is 3.17. The summed E-state index contributed by atoms with van der Waals surface area (Å²) in [6, 6.07) is 11.1. The van der Waals surface area contributed by atoms with Crippen molar-refractivity contribution in [3.05, 3.63) is 77.8 Å². The van der Waals surface area contributed by atoms with Gasteiger partial charge in [-0.15, -0.1) is 9.78 Å². The van der Waals surface area contributed by atoms with E-state index in [4.69, 9.17) is 14.4 Å². The van der Waals surface area contributed by atoms with Crippen LogP contribution >= 0.6 is 0 Å². The first-order chi connectivity index (χ1) is 13.8. The number of hydrogen-bond acceptors (Lipinski definition) is 5. The molecule has 1 N–H and O–H groups in total. The van der Waals surface area contributed by atoms with Crippen LogP contribution in [0, 0.1) is 0 Å². The molecule has 0 bridgehead atoms. The van der Waals surface area contributed by atoms with E-state index < -0.39 is 0 Å². The van der Waals surface area contributed by atoms with Crippen LogP contribution in [0.4, 0.5) is 0 Å². The lowest BCUT2D eigenvalue weighted by atomic mass is 10.3. The molecule has 1 aromatic carbocycles. The van der Waals surface area contributed by atoms with Crippen LogP contribution in [0.25, 0.3) is 33.2 Å². The molecule has 4 heterocycles. The molecule has 28 heavy (non-hydrogen) atoms. The number of H-pyrrole nitrogens is 1. The SMILES string of the molecule is C=CCn1c[nH+]c2c(c1=O)c1nc3ccccc3nc1n2/N=C/c1ccco1. The molecular weight excluding hydrogens is 356 g/mol. The Labute approximate surface area is 158 Å². The van der Waals surface area contributed by atoms with Gasteiger partial charge in [0.05, 0.1) is 23.8 Å². The fourth-order valence-electron chi connectivity index (χ4n) is 3.17. The highest BCUT2D eigenvalue weighted by molar-refractivity contribution is 6.03. The van der Waals surface area contributed by atoms with Gasteiger partial charge in [0, 0.05) is 0 Å². The molecule has 0 fully saturated rings. The molecule has 0 saturated heterocycles. The fraction of sp³-hybridized carbons (Fsp3) is 0.0500. The van der Waals surface area contributed by atoms with E-state index in [1.54, 1.807) is 41.7 Å². The summed E-state index contributed by atoms with van der Waals surface area (Å²) in [4.78, 5) is 25.6. The number of allylic oxidation sites excluding steroid dienone is 1. The number of furan rings is 1. The lowest BCUT2D eigenvalue weighted by Crippen LogP contribution is -2.26. The van der Waals surface area contributed by atoms with Crippen molar-refractivity contribution in [1.29, 1.82) is 0 Å². The van der Waals surface area contributed by atoms with Gasteiger partial charge in [-0.3, -0.25) is 0 Å². The Kier molecular flexibility index (Phi) is 3.61. The molecule has 0 radical (unpaired) electrons. The first-order valence-corrected chi connectivity index (χ1v) is 8.67. The predicted molar refractivity (Wildman–Crippen MR) is 105 cm³/mol. The van der Waals surface area contributed by atoms with Crippen molar-refractivity contribution >= 4 is 39.4 Å². The zero-order chi connectivity index (χ0) is 19.1. The number of aromatic amines is 1. The summed E-state index contributed by atoms with van der Waals surface area (Å²) in [5.41, 5.74) is 2.74. The molecule has 0 saturated carbocycles. The van der Waals surface area contributed by atoms with Crippen LogP contribution in [0.1, 0.15) is 5.76 Å². The third kappa shape index (κ3) is 2.43. The smallest absolute Gasteiger partial charge is 0.323 e. The van der Waals surface area contributed by atoms with Crippen molar-refractivity contribution in [3.8, 4) is 0 Å². The number of fused-ring (bicyclic) bond motifs is 4. The number of para-hydroxylation sites is 2.